The van der Waals surface area contributed by atoms with E-state index in [9.17, 15) is 0 Å². The molecular weight excluding hydrogens is 218 g/mol. The van der Waals surface area contributed by atoms with Crippen LogP contribution in [0.1, 0.15) is 19.3 Å². The number of hydrogen-bond acceptors (Lipinski definition) is 6. The van der Waals surface area contributed by atoms with Gasteiger partial charge in [0, 0.05) is 31.2 Å². The lowest BCUT2D eigenvalue weighted by atomic mass is 9.92. The van der Waals surface area contributed by atoms with Crippen molar-refractivity contribution in [3.8, 4) is 0 Å². The Labute approximate surface area is 101 Å². The SMILES string of the molecule is NCCC1(N)C=C(C2CCOCC2)NC(N)=N1. The summed E-state index contributed by atoms with van der Waals surface area (Å²) < 4.78 is 5.35. The van der Waals surface area contributed by atoms with Gasteiger partial charge in [0.15, 0.2) is 5.96 Å². The molecule has 0 saturated carbocycles. The number of aliphatic imine (C=N–C) groups is 1. The van der Waals surface area contributed by atoms with Crippen molar-refractivity contribution in [1.29, 1.82) is 0 Å². The van der Waals surface area contributed by atoms with Gasteiger partial charge in [-0.2, -0.15) is 0 Å². The molecule has 1 unspecified atom stereocenters. The van der Waals surface area contributed by atoms with Crippen LogP contribution in [0, 0.1) is 5.92 Å². The van der Waals surface area contributed by atoms with Crippen molar-refractivity contribution in [2.45, 2.75) is 24.9 Å². The lowest BCUT2D eigenvalue weighted by molar-refractivity contribution is 0.0743. The van der Waals surface area contributed by atoms with E-state index in [2.05, 4.69) is 10.3 Å². The monoisotopic (exact) mass is 239 g/mol. The molecule has 1 atom stereocenters. The second-order valence-electron chi connectivity index (χ2n) is 4.64. The predicted molar refractivity (Wildman–Crippen MR) is 67.0 cm³/mol. The summed E-state index contributed by atoms with van der Waals surface area (Å²) in [5.41, 5.74) is 17.8. The van der Waals surface area contributed by atoms with E-state index in [1.54, 1.807) is 0 Å². The first kappa shape index (κ1) is 12.3. The summed E-state index contributed by atoms with van der Waals surface area (Å²) >= 11 is 0. The highest BCUT2D eigenvalue weighted by molar-refractivity contribution is 5.81. The van der Waals surface area contributed by atoms with Gasteiger partial charge in [-0.25, -0.2) is 4.99 Å². The van der Waals surface area contributed by atoms with E-state index in [1.165, 1.54) is 0 Å². The molecule has 1 saturated heterocycles. The first-order valence-electron chi connectivity index (χ1n) is 6.05. The summed E-state index contributed by atoms with van der Waals surface area (Å²) in [6, 6.07) is 0. The van der Waals surface area contributed by atoms with Crippen LogP contribution in [0.4, 0.5) is 0 Å². The molecule has 0 spiro atoms. The van der Waals surface area contributed by atoms with E-state index in [1.807, 2.05) is 6.08 Å². The van der Waals surface area contributed by atoms with Crippen LogP contribution in [0.5, 0.6) is 0 Å². The summed E-state index contributed by atoms with van der Waals surface area (Å²) in [7, 11) is 0. The Morgan fingerprint density at radius 2 is 2.18 bits per heavy atom. The normalized spacial score (nSPS) is 30.5. The molecule has 0 aromatic heterocycles. The predicted octanol–water partition coefficient (Wildman–Crippen LogP) is -0.781. The van der Waals surface area contributed by atoms with E-state index in [4.69, 9.17) is 21.9 Å². The van der Waals surface area contributed by atoms with Crippen molar-refractivity contribution in [2.24, 2.45) is 28.1 Å². The molecule has 17 heavy (non-hydrogen) atoms. The van der Waals surface area contributed by atoms with Gasteiger partial charge in [0.2, 0.25) is 0 Å². The van der Waals surface area contributed by atoms with Gasteiger partial charge >= 0.3 is 0 Å². The van der Waals surface area contributed by atoms with E-state index < -0.39 is 5.66 Å². The van der Waals surface area contributed by atoms with Gasteiger partial charge in [-0.3, -0.25) is 0 Å². The van der Waals surface area contributed by atoms with Gasteiger partial charge < -0.3 is 27.3 Å². The molecular formula is C11H21N5O. The third-order valence-electron chi connectivity index (χ3n) is 3.21. The van der Waals surface area contributed by atoms with E-state index in [0.717, 1.165) is 31.8 Å². The highest BCUT2D eigenvalue weighted by atomic mass is 16.5. The van der Waals surface area contributed by atoms with Crippen molar-refractivity contribution in [2.75, 3.05) is 19.8 Å². The van der Waals surface area contributed by atoms with Gasteiger partial charge in [-0.1, -0.05) is 0 Å². The Bertz CT molecular complexity index is 335. The molecule has 0 bridgehead atoms. The molecule has 2 aliphatic rings. The van der Waals surface area contributed by atoms with Crippen LogP contribution < -0.4 is 22.5 Å². The molecule has 96 valence electrons. The van der Waals surface area contributed by atoms with Gasteiger partial charge in [-0.15, -0.1) is 0 Å². The maximum Gasteiger partial charge on any atom is 0.195 e. The fourth-order valence-corrected chi connectivity index (χ4v) is 2.33. The number of nitrogens with one attached hydrogen (secondary N) is 1. The van der Waals surface area contributed by atoms with E-state index in [0.29, 0.717) is 24.8 Å². The first-order valence-corrected chi connectivity index (χ1v) is 6.05. The first-order chi connectivity index (χ1) is 8.13. The lowest BCUT2D eigenvalue weighted by Gasteiger charge is -2.32. The molecule has 2 rings (SSSR count). The molecule has 6 nitrogen and oxygen atoms in total. The summed E-state index contributed by atoms with van der Waals surface area (Å²) in [5, 5.41) is 3.11. The largest absolute Gasteiger partial charge is 0.381 e. The molecule has 0 amide bonds. The highest BCUT2D eigenvalue weighted by Crippen LogP contribution is 2.26. The molecule has 2 aliphatic heterocycles. The summed E-state index contributed by atoms with van der Waals surface area (Å²) in [5.74, 6) is 0.809. The summed E-state index contributed by atoms with van der Waals surface area (Å²) in [6.07, 6.45) is 4.55. The zero-order valence-electron chi connectivity index (χ0n) is 9.98. The van der Waals surface area contributed by atoms with Crippen LogP contribution in [0.3, 0.4) is 0 Å². The molecule has 0 radical (unpaired) electrons. The maximum atomic E-state index is 6.16. The van der Waals surface area contributed by atoms with Crippen LogP contribution in [0.15, 0.2) is 16.8 Å². The Morgan fingerprint density at radius 3 is 2.82 bits per heavy atom. The standard InChI is InChI=1S/C11H21N5O/c12-4-3-11(14)7-9(15-10(13)16-11)8-1-5-17-6-2-8/h7-8H,1-6,12,14H2,(H3,13,15,16). The minimum atomic E-state index is -0.752. The molecule has 1 fully saturated rings. The van der Waals surface area contributed by atoms with E-state index in [-0.39, 0.29) is 0 Å². The van der Waals surface area contributed by atoms with Crippen LogP contribution in [-0.4, -0.2) is 31.4 Å². The fraction of sp³-hybridized carbons (Fsp3) is 0.727. The molecule has 6 heteroatoms. The summed E-state index contributed by atoms with van der Waals surface area (Å²) in [6.45, 7) is 2.06. The summed E-state index contributed by atoms with van der Waals surface area (Å²) in [4.78, 5) is 4.22. The number of guanidine groups is 1. The van der Waals surface area contributed by atoms with Crippen molar-refractivity contribution >= 4 is 5.96 Å². The highest BCUT2D eigenvalue weighted by Gasteiger charge is 2.29. The quantitative estimate of drug-likeness (QED) is 0.516. The number of ether oxygens (including phenoxy) is 1. The van der Waals surface area contributed by atoms with Gasteiger partial charge in [0.05, 0.1) is 0 Å². The third kappa shape index (κ3) is 2.96. The number of hydrogen-bond donors (Lipinski definition) is 4. The fourth-order valence-electron chi connectivity index (χ4n) is 2.33. The Hall–Kier alpha value is -1.11. The zero-order valence-corrected chi connectivity index (χ0v) is 9.98. The Balaban J connectivity index is 2.13. The number of nitrogens with two attached hydrogens (primary N) is 3. The Kier molecular flexibility index (Phi) is 3.66. The second-order valence-corrected chi connectivity index (χ2v) is 4.64. The minimum absolute atomic E-state index is 0.380. The molecule has 0 aliphatic carbocycles. The van der Waals surface area contributed by atoms with Crippen LogP contribution in [0.25, 0.3) is 0 Å². The van der Waals surface area contributed by atoms with Crippen molar-refractivity contribution in [3.63, 3.8) is 0 Å². The average molecular weight is 239 g/mol. The second kappa shape index (κ2) is 5.03. The van der Waals surface area contributed by atoms with Gasteiger partial charge in [-0.05, 0) is 25.5 Å². The van der Waals surface area contributed by atoms with Crippen molar-refractivity contribution < 1.29 is 4.74 Å². The zero-order chi connectivity index (χ0) is 12.3. The molecule has 0 aromatic rings. The smallest absolute Gasteiger partial charge is 0.195 e. The number of rotatable bonds is 3. The lowest BCUT2D eigenvalue weighted by Crippen LogP contribution is -2.49. The number of allylic oxidation sites excluding steroid dienone is 1. The van der Waals surface area contributed by atoms with Crippen LogP contribution >= 0.6 is 0 Å². The maximum absolute atomic E-state index is 6.16. The topological polar surface area (TPSA) is 112 Å². The van der Waals surface area contributed by atoms with Gasteiger partial charge in [0.1, 0.15) is 5.66 Å². The molecule has 0 aromatic carbocycles. The third-order valence-corrected chi connectivity index (χ3v) is 3.21. The minimum Gasteiger partial charge on any atom is -0.381 e. The van der Waals surface area contributed by atoms with Crippen LogP contribution in [-0.2, 0) is 4.74 Å². The number of nitrogens with zero attached hydrogens (tertiary/aromatic N) is 1. The van der Waals surface area contributed by atoms with E-state index >= 15 is 0 Å². The van der Waals surface area contributed by atoms with Gasteiger partial charge in [0.25, 0.3) is 0 Å². The Morgan fingerprint density at radius 1 is 1.47 bits per heavy atom. The van der Waals surface area contributed by atoms with Crippen LogP contribution in [0.2, 0.25) is 0 Å². The van der Waals surface area contributed by atoms with Crippen molar-refractivity contribution in [1.82, 2.24) is 5.32 Å². The van der Waals surface area contributed by atoms with Crippen molar-refractivity contribution in [3.05, 3.63) is 11.8 Å². The molecule has 2 heterocycles. The average Bonchev–Trinajstić information content (AvgIpc) is 2.29. The molecule has 7 N–H and O–H groups in total.